The van der Waals surface area contributed by atoms with Crippen molar-refractivity contribution in [2.75, 3.05) is 24.4 Å². The molecule has 1 fully saturated rings. The van der Waals surface area contributed by atoms with Gasteiger partial charge in [0.2, 0.25) is 0 Å². The van der Waals surface area contributed by atoms with Gasteiger partial charge in [0.25, 0.3) is 0 Å². The van der Waals surface area contributed by atoms with Crippen LogP contribution in [0.1, 0.15) is 48.9 Å². The number of hydrogen-bond acceptors (Lipinski definition) is 4. The predicted molar refractivity (Wildman–Crippen MR) is 127 cm³/mol. The van der Waals surface area contributed by atoms with Crippen molar-refractivity contribution >= 4 is 35.2 Å². The van der Waals surface area contributed by atoms with E-state index in [-0.39, 0.29) is 11.4 Å². The monoisotopic (exact) mass is 429 g/mol. The third-order valence-electron chi connectivity index (χ3n) is 5.72. The second-order valence-corrected chi connectivity index (χ2v) is 9.40. The highest BCUT2D eigenvalue weighted by Crippen LogP contribution is 2.39. The second-order valence-electron chi connectivity index (χ2n) is 7.67. The molecule has 0 bridgehead atoms. The van der Waals surface area contributed by atoms with E-state index in [9.17, 15) is 4.79 Å². The van der Waals surface area contributed by atoms with Crippen molar-refractivity contribution in [2.24, 2.45) is 0 Å². The first-order chi connectivity index (χ1) is 14.2. The molecule has 0 aliphatic heterocycles. The van der Waals surface area contributed by atoms with Crippen LogP contribution in [0, 0.1) is 0 Å². The molecule has 3 rings (SSSR count). The molecule has 6 heteroatoms. The zero-order chi connectivity index (χ0) is 20.5. The van der Waals surface area contributed by atoms with Crippen LogP contribution in [0.2, 0.25) is 0 Å². The van der Waals surface area contributed by atoms with Gasteiger partial charge in [-0.1, -0.05) is 49.6 Å². The minimum Gasteiger partial charge on any atom is -0.337 e. The molecule has 0 saturated heterocycles. The van der Waals surface area contributed by atoms with Crippen LogP contribution in [-0.4, -0.2) is 30.1 Å². The average molecular weight is 430 g/mol. The molecule has 0 spiro atoms. The number of aromatic nitrogens is 1. The quantitative estimate of drug-likeness (QED) is 0.554. The fourth-order valence-corrected chi connectivity index (χ4v) is 5.26. The smallest absolute Gasteiger partial charge is 0.319 e. The minimum absolute atomic E-state index is 0.0377. The van der Waals surface area contributed by atoms with Gasteiger partial charge in [0.05, 0.1) is 11.4 Å². The van der Waals surface area contributed by atoms with Crippen molar-refractivity contribution in [2.45, 2.75) is 49.0 Å². The predicted octanol–water partition coefficient (Wildman–Crippen LogP) is 5.83. The van der Waals surface area contributed by atoms with Gasteiger partial charge in [0.15, 0.2) is 0 Å². The molecule has 2 amide bonds. The Morgan fingerprint density at radius 1 is 1.03 bits per heavy atom. The number of amides is 2. The third kappa shape index (κ3) is 5.70. The standard InChI is InChI=1S/C23H31N3OS2/c1-28-15-18-11-14-24-20(16-29-2)21(18)26-22(27)25-17-23(12-7-4-8-13-23)19-9-5-3-6-10-19/h3,5-6,9-11,14H,4,7-8,12-13,15-17H2,1-2H3,(H2,25,26,27). The largest absolute Gasteiger partial charge is 0.337 e. The summed E-state index contributed by atoms with van der Waals surface area (Å²) < 4.78 is 0. The summed E-state index contributed by atoms with van der Waals surface area (Å²) in [4.78, 5) is 17.4. The highest BCUT2D eigenvalue weighted by atomic mass is 32.2. The van der Waals surface area contributed by atoms with E-state index in [1.807, 2.05) is 12.3 Å². The van der Waals surface area contributed by atoms with Crippen molar-refractivity contribution in [3.05, 3.63) is 59.4 Å². The molecule has 29 heavy (non-hydrogen) atoms. The van der Waals surface area contributed by atoms with E-state index in [2.05, 4.69) is 58.5 Å². The zero-order valence-electron chi connectivity index (χ0n) is 17.4. The van der Waals surface area contributed by atoms with E-state index in [1.54, 1.807) is 23.5 Å². The number of rotatable bonds is 8. The highest BCUT2D eigenvalue weighted by Gasteiger charge is 2.34. The molecule has 156 valence electrons. The van der Waals surface area contributed by atoms with Gasteiger partial charge in [0.1, 0.15) is 0 Å². The lowest BCUT2D eigenvalue weighted by Crippen LogP contribution is -2.43. The maximum absolute atomic E-state index is 12.9. The van der Waals surface area contributed by atoms with E-state index in [4.69, 9.17) is 0 Å². The van der Waals surface area contributed by atoms with Gasteiger partial charge in [-0.25, -0.2) is 4.79 Å². The molecule has 0 atom stereocenters. The van der Waals surface area contributed by atoms with Crippen LogP contribution in [0.5, 0.6) is 0 Å². The molecule has 1 aromatic heterocycles. The van der Waals surface area contributed by atoms with Gasteiger partial charge >= 0.3 is 6.03 Å². The first-order valence-electron chi connectivity index (χ1n) is 10.2. The van der Waals surface area contributed by atoms with E-state index in [1.165, 1.54) is 24.8 Å². The van der Waals surface area contributed by atoms with Crippen molar-refractivity contribution in [3.8, 4) is 0 Å². The normalized spacial score (nSPS) is 15.7. The molecule has 1 aliphatic rings. The van der Waals surface area contributed by atoms with Gasteiger partial charge in [-0.15, -0.1) is 0 Å². The lowest BCUT2D eigenvalue weighted by atomic mass is 9.69. The van der Waals surface area contributed by atoms with E-state index in [0.717, 1.165) is 41.3 Å². The topological polar surface area (TPSA) is 54.0 Å². The zero-order valence-corrected chi connectivity index (χ0v) is 19.0. The van der Waals surface area contributed by atoms with E-state index >= 15 is 0 Å². The summed E-state index contributed by atoms with van der Waals surface area (Å²) in [5.74, 6) is 1.64. The maximum Gasteiger partial charge on any atom is 0.319 e. The Bertz CT molecular complexity index is 768. The molecule has 1 saturated carbocycles. The SMILES string of the molecule is CSCc1ccnc(CSC)c1NC(=O)NCC1(c2ccccc2)CCCCC1. The Hall–Kier alpha value is -1.66. The van der Waals surface area contributed by atoms with Gasteiger partial charge in [-0.2, -0.15) is 23.5 Å². The van der Waals surface area contributed by atoms with E-state index < -0.39 is 0 Å². The Balaban J connectivity index is 1.73. The molecule has 0 unspecified atom stereocenters. The Kier molecular flexibility index (Phi) is 8.30. The summed E-state index contributed by atoms with van der Waals surface area (Å²) in [6.45, 7) is 0.666. The molecule has 0 radical (unpaired) electrons. The van der Waals surface area contributed by atoms with Gasteiger partial charge < -0.3 is 10.6 Å². The van der Waals surface area contributed by atoms with Crippen LogP contribution >= 0.6 is 23.5 Å². The summed E-state index contributed by atoms with van der Waals surface area (Å²) in [5.41, 5.74) is 4.31. The number of carbonyl (C=O) groups excluding carboxylic acids is 1. The lowest BCUT2D eigenvalue weighted by Gasteiger charge is -2.38. The number of thioether (sulfide) groups is 2. The van der Waals surface area contributed by atoms with Gasteiger partial charge in [0, 0.05) is 29.7 Å². The number of carbonyl (C=O) groups is 1. The third-order valence-corrected chi connectivity index (χ3v) is 6.88. The summed E-state index contributed by atoms with van der Waals surface area (Å²) >= 11 is 3.46. The first-order valence-corrected chi connectivity index (χ1v) is 13.0. The summed E-state index contributed by atoms with van der Waals surface area (Å²) in [6, 6.07) is 12.5. The molecular formula is C23H31N3OS2. The molecular weight excluding hydrogens is 398 g/mol. The van der Waals surface area contributed by atoms with E-state index in [0.29, 0.717) is 6.54 Å². The van der Waals surface area contributed by atoms with Gasteiger partial charge in [-0.05, 0) is 42.5 Å². The number of nitrogens with zero attached hydrogens (tertiary/aromatic N) is 1. The van der Waals surface area contributed by atoms with Gasteiger partial charge in [-0.3, -0.25) is 4.98 Å². The summed E-state index contributed by atoms with van der Waals surface area (Å²) in [7, 11) is 0. The van der Waals surface area contributed by atoms with Crippen LogP contribution in [0.3, 0.4) is 0 Å². The molecule has 2 aromatic rings. The minimum atomic E-state index is -0.136. The number of nitrogens with one attached hydrogen (secondary N) is 2. The molecule has 2 N–H and O–H groups in total. The second kappa shape index (κ2) is 10.9. The Morgan fingerprint density at radius 2 is 1.76 bits per heavy atom. The van der Waals surface area contributed by atoms with Crippen LogP contribution in [-0.2, 0) is 16.9 Å². The molecule has 1 heterocycles. The number of hydrogen-bond donors (Lipinski definition) is 2. The fourth-order valence-electron chi connectivity index (χ4n) is 4.22. The Labute approximate surface area is 183 Å². The molecule has 1 aromatic carbocycles. The van der Waals surface area contributed by atoms with Crippen molar-refractivity contribution in [3.63, 3.8) is 0 Å². The van der Waals surface area contributed by atoms with Crippen LogP contribution in [0.15, 0.2) is 42.6 Å². The van der Waals surface area contributed by atoms with Crippen LogP contribution < -0.4 is 10.6 Å². The van der Waals surface area contributed by atoms with Crippen molar-refractivity contribution in [1.82, 2.24) is 10.3 Å². The van der Waals surface area contributed by atoms with Crippen molar-refractivity contribution < 1.29 is 4.79 Å². The average Bonchev–Trinajstić information content (AvgIpc) is 2.76. The maximum atomic E-state index is 12.9. The summed E-state index contributed by atoms with van der Waals surface area (Å²) in [6.07, 6.45) is 11.9. The Morgan fingerprint density at radius 3 is 2.45 bits per heavy atom. The molecule has 1 aliphatic carbocycles. The first kappa shape index (κ1) is 22.0. The highest BCUT2D eigenvalue weighted by molar-refractivity contribution is 7.98. The number of urea groups is 1. The van der Waals surface area contributed by atoms with Crippen molar-refractivity contribution in [1.29, 1.82) is 0 Å². The van der Waals surface area contributed by atoms with Crippen LogP contribution in [0.25, 0.3) is 0 Å². The van der Waals surface area contributed by atoms with Crippen LogP contribution in [0.4, 0.5) is 10.5 Å². The number of anilines is 1. The lowest BCUT2D eigenvalue weighted by molar-refractivity contribution is 0.240. The number of pyridine rings is 1. The number of benzene rings is 1. The summed E-state index contributed by atoms with van der Waals surface area (Å²) in [5, 5.41) is 6.31. The molecule has 4 nitrogen and oxygen atoms in total. The fraction of sp³-hybridized carbons (Fsp3) is 0.478.